The van der Waals surface area contributed by atoms with Crippen molar-refractivity contribution < 1.29 is 4.79 Å². The van der Waals surface area contributed by atoms with Crippen LogP contribution in [-0.2, 0) is 4.79 Å². The monoisotopic (exact) mass is 223 g/mol. The third-order valence-corrected chi connectivity index (χ3v) is 4.35. The van der Waals surface area contributed by atoms with E-state index < -0.39 is 0 Å². The molecular formula is C12H21N3O. The zero-order valence-electron chi connectivity index (χ0n) is 9.98. The third kappa shape index (κ3) is 1.64. The second kappa shape index (κ2) is 4.00. The number of hydrogen-bond donors (Lipinski definition) is 1. The van der Waals surface area contributed by atoms with Gasteiger partial charge in [-0.15, -0.1) is 0 Å². The standard InChI is InChI=1S/C12H21N3O/c1-9-7-14-4-2-3-11(14)8-15(9)12(16)10-5-13-6-10/h9-11,13H,2-8H2,1H3. The van der Waals surface area contributed by atoms with Gasteiger partial charge in [0.05, 0.1) is 5.92 Å². The molecule has 1 N–H and O–H groups in total. The summed E-state index contributed by atoms with van der Waals surface area (Å²) >= 11 is 0. The lowest BCUT2D eigenvalue weighted by Gasteiger charge is -2.44. The molecule has 3 aliphatic rings. The molecule has 16 heavy (non-hydrogen) atoms. The summed E-state index contributed by atoms with van der Waals surface area (Å²) in [5, 5.41) is 3.18. The minimum atomic E-state index is 0.260. The van der Waals surface area contributed by atoms with Gasteiger partial charge in [-0.05, 0) is 26.3 Å². The quantitative estimate of drug-likeness (QED) is 0.674. The van der Waals surface area contributed by atoms with Gasteiger partial charge in [0, 0.05) is 38.3 Å². The molecule has 4 nitrogen and oxygen atoms in total. The average Bonchev–Trinajstić information content (AvgIpc) is 2.60. The minimum Gasteiger partial charge on any atom is -0.337 e. The van der Waals surface area contributed by atoms with E-state index in [0.717, 1.165) is 26.2 Å². The molecule has 90 valence electrons. The van der Waals surface area contributed by atoms with Crippen molar-refractivity contribution in [3.63, 3.8) is 0 Å². The van der Waals surface area contributed by atoms with Gasteiger partial charge in [0.25, 0.3) is 0 Å². The fraction of sp³-hybridized carbons (Fsp3) is 0.917. The summed E-state index contributed by atoms with van der Waals surface area (Å²) in [5.74, 6) is 0.646. The Balaban J connectivity index is 1.67. The number of rotatable bonds is 1. The number of piperazine rings is 1. The summed E-state index contributed by atoms with van der Waals surface area (Å²) in [7, 11) is 0. The Labute approximate surface area is 97.0 Å². The molecule has 0 aromatic heterocycles. The van der Waals surface area contributed by atoms with Crippen LogP contribution in [0.4, 0.5) is 0 Å². The molecule has 3 saturated heterocycles. The lowest BCUT2D eigenvalue weighted by Crippen LogP contribution is -2.61. The molecule has 0 radical (unpaired) electrons. The number of carbonyl (C=O) groups excluding carboxylic acids is 1. The number of nitrogens with zero attached hydrogens (tertiary/aromatic N) is 2. The van der Waals surface area contributed by atoms with Crippen LogP contribution in [0.5, 0.6) is 0 Å². The molecule has 0 aromatic carbocycles. The predicted octanol–water partition coefficient (Wildman–Crippen LogP) is -0.0991. The molecule has 4 heteroatoms. The van der Waals surface area contributed by atoms with Crippen LogP contribution in [0.25, 0.3) is 0 Å². The van der Waals surface area contributed by atoms with Crippen LogP contribution in [0, 0.1) is 5.92 Å². The molecule has 2 atom stereocenters. The van der Waals surface area contributed by atoms with E-state index in [0.29, 0.717) is 18.0 Å². The summed E-state index contributed by atoms with van der Waals surface area (Å²) < 4.78 is 0. The predicted molar refractivity (Wildman–Crippen MR) is 62.1 cm³/mol. The molecule has 3 heterocycles. The summed E-state index contributed by atoms with van der Waals surface area (Å²) in [6.45, 7) is 7.25. The van der Waals surface area contributed by atoms with E-state index in [9.17, 15) is 4.79 Å². The molecule has 0 spiro atoms. The highest BCUT2D eigenvalue weighted by Gasteiger charge is 2.39. The number of amides is 1. The van der Waals surface area contributed by atoms with E-state index >= 15 is 0 Å². The number of hydrogen-bond acceptors (Lipinski definition) is 3. The Hall–Kier alpha value is -0.610. The van der Waals surface area contributed by atoms with Gasteiger partial charge in [-0.1, -0.05) is 0 Å². The van der Waals surface area contributed by atoms with Crippen molar-refractivity contribution in [2.45, 2.75) is 31.8 Å². The number of nitrogens with one attached hydrogen (secondary N) is 1. The van der Waals surface area contributed by atoms with E-state index in [1.807, 2.05) is 0 Å². The summed E-state index contributed by atoms with van der Waals surface area (Å²) in [4.78, 5) is 16.9. The molecule has 3 fully saturated rings. The van der Waals surface area contributed by atoms with E-state index in [4.69, 9.17) is 0 Å². The third-order valence-electron chi connectivity index (χ3n) is 4.35. The van der Waals surface area contributed by atoms with Crippen LogP contribution in [-0.4, -0.2) is 60.5 Å². The van der Waals surface area contributed by atoms with Crippen molar-refractivity contribution in [2.24, 2.45) is 5.92 Å². The van der Waals surface area contributed by atoms with E-state index in [2.05, 4.69) is 22.0 Å². The van der Waals surface area contributed by atoms with Crippen molar-refractivity contribution >= 4 is 5.91 Å². The molecular weight excluding hydrogens is 202 g/mol. The Morgan fingerprint density at radius 3 is 2.81 bits per heavy atom. The second-order valence-corrected chi connectivity index (χ2v) is 5.49. The van der Waals surface area contributed by atoms with Gasteiger partial charge in [0.1, 0.15) is 0 Å². The molecule has 2 unspecified atom stereocenters. The van der Waals surface area contributed by atoms with Gasteiger partial charge in [0.2, 0.25) is 5.91 Å². The maximum Gasteiger partial charge on any atom is 0.228 e. The van der Waals surface area contributed by atoms with Gasteiger partial charge in [-0.3, -0.25) is 9.69 Å². The first kappa shape index (κ1) is 10.5. The maximum absolute atomic E-state index is 12.2. The average molecular weight is 223 g/mol. The molecule has 3 rings (SSSR count). The molecule has 3 aliphatic heterocycles. The van der Waals surface area contributed by atoms with Crippen LogP contribution in [0.15, 0.2) is 0 Å². The molecule has 0 saturated carbocycles. The van der Waals surface area contributed by atoms with E-state index in [-0.39, 0.29) is 5.92 Å². The van der Waals surface area contributed by atoms with E-state index in [1.165, 1.54) is 19.4 Å². The number of carbonyl (C=O) groups is 1. The van der Waals surface area contributed by atoms with Crippen molar-refractivity contribution in [2.75, 3.05) is 32.7 Å². The first-order chi connectivity index (χ1) is 7.75. The molecule has 0 aliphatic carbocycles. The highest BCUT2D eigenvalue weighted by atomic mass is 16.2. The van der Waals surface area contributed by atoms with Crippen molar-refractivity contribution in [1.82, 2.24) is 15.1 Å². The fourth-order valence-corrected chi connectivity index (χ4v) is 3.19. The van der Waals surface area contributed by atoms with Gasteiger partial charge >= 0.3 is 0 Å². The van der Waals surface area contributed by atoms with Crippen LogP contribution >= 0.6 is 0 Å². The second-order valence-electron chi connectivity index (χ2n) is 5.49. The van der Waals surface area contributed by atoms with Crippen LogP contribution in [0.3, 0.4) is 0 Å². The normalized spacial score (nSPS) is 35.9. The Morgan fingerprint density at radius 2 is 2.12 bits per heavy atom. The summed E-state index contributed by atoms with van der Waals surface area (Å²) in [5.41, 5.74) is 0. The Kier molecular flexibility index (Phi) is 2.64. The fourth-order valence-electron chi connectivity index (χ4n) is 3.19. The topological polar surface area (TPSA) is 35.6 Å². The first-order valence-corrected chi connectivity index (χ1v) is 6.51. The van der Waals surface area contributed by atoms with Crippen LogP contribution in [0.2, 0.25) is 0 Å². The zero-order valence-corrected chi connectivity index (χ0v) is 9.98. The summed E-state index contributed by atoms with van der Waals surface area (Å²) in [6, 6.07) is 1.05. The molecule has 0 aromatic rings. The smallest absolute Gasteiger partial charge is 0.228 e. The van der Waals surface area contributed by atoms with Gasteiger partial charge in [-0.25, -0.2) is 0 Å². The highest BCUT2D eigenvalue weighted by molar-refractivity contribution is 5.80. The van der Waals surface area contributed by atoms with E-state index in [1.54, 1.807) is 0 Å². The lowest BCUT2D eigenvalue weighted by atomic mass is 9.98. The van der Waals surface area contributed by atoms with Gasteiger partial charge in [0.15, 0.2) is 0 Å². The maximum atomic E-state index is 12.2. The minimum absolute atomic E-state index is 0.260. The molecule has 0 bridgehead atoms. The van der Waals surface area contributed by atoms with Crippen molar-refractivity contribution in [1.29, 1.82) is 0 Å². The SMILES string of the molecule is CC1CN2CCCC2CN1C(=O)C1CNC1. The zero-order chi connectivity index (χ0) is 11.1. The highest BCUT2D eigenvalue weighted by Crippen LogP contribution is 2.26. The molecule has 1 amide bonds. The van der Waals surface area contributed by atoms with Gasteiger partial charge < -0.3 is 10.2 Å². The van der Waals surface area contributed by atoms with Crippen molar-refractivity contribution in [3.8, 4) is 0 Å². The van der Waals surface area contributed by atoms with Crippen LogP contribution in [0.1, 0.15) is 19.8 Å². The summed E-state index contributed by atoms with van der Waals surface area (Å²) in [6.07, 6.45) is 2.59. The first-order valence-electron chi connectivity index (χ1n) is 6.51. The lowest BCUT2D eigenvalue weighted by molar-refractivity contribution is -0.142. The Bertz CT molecular complexity index is 290. The largest absolute Gasteiger partial charge is 0.337 e. The number of fused-ring (bicyclic) bond motifs is 1. The van der Waals surface area contributed by atoms with Gasteiger partial charge in [-0.2, -0.15) is 0 Å². The van der Waals surface area contributed by atoms with Crippen LogP contribution < -0.4 is 5.32 Å². The Morgan fingerprint density at radius 1 is 1.31 bits per heavy atom. The van der Waals surface area contributed by atoms with Crippen molar-refractivity contribution in [3.05, 3.63) is 0 Å².